The summed E-state index contributed by atoms with van der Waals surface area (Å²) in [5.74, 6) is 0.299. The summed E-state index contributed by atoms with van der Waals surface area (Å²) >= 11 is 1.44. The molecule has 0 fully saturated rings. The van der Waals surface area contributed by atoms with Gasteiger partial charge in [0, 0.05) is 12.7 Å². The van der Waals surface area contributed by atoms with Gasteiger partial charge in [0.1, 0.15) is 0 Å². The van der Waals surface area contributed by atoms with Crippen LogP contribution in [0.3, 0.4) is 0 Å². The molecule has 0 saturated carbocycles. The second-order valence-electron chi connectivity index (χ2n) is 3.82. The summed E-state index contributed by atoms with van der Waals surface area (Å²) in [7, 11) is 0. The van der Waals surface area contributed by atoms with E-state index in [1.54, 1.807) is 19.1 Å². The predicted octanol–water partition coefficient (Wildman–Crippen LogP) is 2.68. The van der Waals surface area contributed by atoms with Crippen LogP contribution < -0.4 is 0 Å². The van der Waals surface area contributed by atoms with E-state index in [2.05, 4.69) is 10.2 Å². The number of hydrogen-bond acceptors (Lipinski definition) is 5. The average Bonchev–Trinajstić information content (AvgIpc) is 2.73. The van der Waals surface area contributed by atoms with Crippen LogP contribution in [-0.2, 0) is 5.75 Å². The summed E-state index contributed by atoms with van der Waals surface area (Å²) in [6, 6.07) is 5.08. The number of nitrogens with zero attached hydrogens (tertiary/aromatic N) is 2. The van der Waals surface area contributed by atoms with E-state index in [9.17, 15) is 4.79 Å². The highest BCUT2D eigenvalue weighted by molar-refractivity contribution is 7.98. The Morgan fingerprint density at radius 2 is 2.17 bits per heavy atom. The van der Waals surface area contributed by atoms with E-state index in [1.807, 2.05) is 13.0 Å². The number of benzene rings is 1. The second-order valence-corrected chi connectivity index (χ2v) is 4.75. The van der Waals surface area contributed by atoms with E-state index in [0.29, 0.717) is 22.4 Å². The number of aryl methyl sites for hydroxylation is 2. The quantitative estimate of drug-likeness (QED) is 0.855. The van der Waals surface area contributed by atoms with Crippen molar-refractivity contribution in [1.29, 1.82) is 0 Å². The first-order valence-electron chi connectivity index (χ1n) is 5.32. The maximum Gasteiger partial charge on any atom is 0.335 e. The van der Waals surface area contributed by atoms with E-state index in [-0.39, 0.29) is 0 Å². The molecule has 0 radical (unpaired) electrons. The standard InChI is InChI=1S/C12H12N2O3S/c1-7-5-9(11(15)16)3-4-10(7)6-18-12-14-13-8(2)17-12/h3-5H,6H2,1-2H3,(H,15,16). The van der Waals surface area contributed by atoms with Crippen molar-refractivity contribution in [3.8, 4) is 0 Å². The third kappa shape index (κ3) is 2.89. The van der Waals surface area contributed by atoms with Crippen LogP contribution >= 0.6 is 11.8 Å². The van der Waals surface area contributed by atoms with Gasteiger partial charge < -0.3 is 9.52 Å². The van der Waals surface area contributed by atoms with Crippen LogP contribution in [0.15, 0.2) is 27.8 Å². The van der Waals surface area contributed by atoms with Gasteiger partial charge in [-0.2, -0.15) is 0 Å². The molecular formula is C12H12N2O3S. The Morgan fingerprint density at radius 1 is 1.39 bits per heavy atom. The lowest BCUT2D eigenvalue weighted by atomic mass is 10.1. The highest BCUT2D eigenvalue weighted by Gasteiger charge is 2.08. The number of carboxylic acids is 1. The molecule has 2 rings (SSSR count). The van der Waals surface area contributed by atoms with Crippen LogP contribution in [0, 0.1) is 13.8 Å². The number of aromatic carboxylic acids is 1. The van der Waals surface area contributed by atoms with Crippen LogP contribution in [0.1, 0.15) is 27.4 Å². The fourth-order valence-corrected chi connectivity index (χ4v) is 2.35. The lowest BCUT2D eigenvalue weighted by molar-refractivity contribution is 0.0697. The molecule has 0 aliphatic rings. The molecule has 1 N–H and O–H groups in total. The van der Waals surface area contributed by atoms with Crippen LogP contribution in [-0.4, -0.2) is 21.3 Å². The van der Waals surface area contributed by atoms with Gasteiger partial charge in [-0.1, -0.05) is 17.8 Å². The van der Waals surface area contributed by atoms with Gasteiger partial charge in [-0.05, 0) is 30.2 Å². The number of rotatable bonds is 4. The van der Waals surface area contributed by atoms with Crippen LogP contribution in [0.2, 0.25) is 0 Å². The summed E-state index contributed by atoms with van der Waals surface area (Å²) in [6.45, 7) is 3.63. The van der Waals surface area contributed by atoms with E-state index in [0.717, 1.165) is 11.1 Å². The summed E-state index contributed by atoms with van der Waals surface area (Å²) in [6.07, 6.45) is 0. The summed E-state index contributed by atoms with van der Waals surface area (Å²) in [5.41, 5.74) is 2.30. The molecule has 2 aromatic rings. The molecule has 6 heteroatoms. The number of carbonyl (C=O) groups is 1. The van der Waals surface area contributed by atoms with Gasteiger partial charge in [0.25, 0.3) is 5.22 Å². The first kappa shape index (κ1) is 12.6. The smallest absolute Gasteiger partial charge is 0.335 e. The van der Waals surface area contributed by atoms with Crippen LogP contribution in [0.5, 0.6) is 0 Å². The topological polar surface area (TPSA) is 76.2 Å². The zero-order valence-corrected chi connectivity index (χ0v) is 10.8. The number of carboxylic acid groups (broad SMARTS) is 1. The first-order valence-corrected chi connectivity index (χ1v) is 6.30. The maximum absolute atomic E-state index is 10.8. The molecule has 0 aliphatic carbocycles. The molecule has 0 bridgehead atoms. The number of aromatic nitrogens is 2. The SMILES string of the molecule is Cc1nnc(SCc2ccc(C(=O)O)cc2C)o1. The van der Waals surface area contributed by atoms with Crippen LogP contribution in [0.4, 0.5) is 0 Å². The Morgan fingerprint density at radius 3 is 2.72 bits per heavy atom. The van der Waals surface area contributed by atoms with E-state index < -0.39 is 5.97 Å². The fraction of sp³-hybridized carbons (Fsp3) is 0.250. The average molecular weight is 264 g/mol. The minimum absolute atomic E-state index is 0.301. The largest absolute Gasteiger partial charge is 0.478 e. The minimum Gasteiger partial charge on any atom is -0.478 e. The molecule has 0 amide bonds. The Balaban J connectivity index is 2.08. The molecule has 0 saturated heterocycles. The minimum atomic E-state index is -0.912. The van der Waals surface area contributed by atoms with E-state index >= 15 is 0 Å². The van der Waals surface area contributed by atoms with Crippen molar-refractivity contribution < 1.29 is 14.3 Å². The lowest BCUT2D eigenvalue weighted by Crippen LogP contribution is -1.98. The Labute approximate surface area is 108 Å². The van der Waals surface area contributed by atoms with Gasteiger partial charge in [-0.25, -0.2) is 4.79 Å². The summed E-state index contributed by atoms with van der Waals surface area (Å²) < 4.78 is 5.25. The molecule has 0 aliphatic heterocycles. The fourth-order valence-electron chi connectivity index (χ4n) is 1.47. The highest BCUT2D eigenvalue weighted by Crippen LogP contribution is 2.23. The Hall–Kier alpha value is -1.82. The summed E-state index contributed by atoms with van der Waals surface area (Å²) in [4.78, 5) is 10.8. The third-order valence-corrected chi connectivity index (χ3v) is 3.32. The molecule has 1 aromatic heterocycles. The normalized spacial score (nSPS) is 10.6. The van der Waals surface area contributed by atoms with Gasteiger partial charge >= 0.3 is 5.97 Å². The van der Waals surface area contributed by atoms with Crippen molar-refractivity contribution in [2.24, 2.45) is 0 Å². The van der Waals surface area contributed by atoms with Crippen molar-refractivity contribution in [2.45, 2.75) is 24.8 Å². The molecular weight excluding hydrogens is 252 g/mol. The molecule has 0 spiro atoms. The van der Waals surface area contributed by atoms with Gasteiger partial charge in [0.15, 0.2) is 0 Å². The van der Waals surface area contributed by atoms with E-state index in [4.69, 9.17) is 9.52 Å². The van der Waals surface area contributed by atoms with Gasteiger partial charge in [-0.3, -0.25) is 0 Å². The molecule has 5 nitrogen and oxygen atoms in total. The van der Waals surface area contributed by atoms with Crippen molar-refractivity contribution in [3.63, 3.8) is 0 Å². The van der Waals surface area contributed by atoms with Crippen molar-refractivity contribution in [1.82, 2.24) is 10.2 Å². The molecule has 0 unspecified atom stereocenters. The predicted molar refractivity (Wildman–Crippen MR) is 66.7 cm³/mol. The van der Waals surface area contributed by atoms with E-state index in [1.165, 1.54) is 11.8 Å². The maximum atomic E-state index is 10.8. The summed E-state index contributed by atoms with van der Waals surface area (Å²) in [5, 5.41) is 17.0. The van der Waals surface area contributed by atoms with Gasteiger partial charge in [0.05, 0.1) is 5.56 Å². The number of hydrogen-bond donors (Lipinski definition) is 1. The van der Waals surface area contributed by atoms with Gasteiger partial charge in [0.2, 0.25) is 5.89 Å². The van der Waals surface area contributed by atoms with Crippen molar-refractivity contribution in [3.05, 3.63) is 40.8 Å². The first-order chi connectivity index (χ1) is 8.56. The Kier molecular flexibility index (Phi) is 3.66. The van der Waals surface area contributed by atoms with Crippen molar-refractivity contribution >= 4 is 17.7 Å². The van der Waals surface area contributed by atoms with Crippen LogP contribution in [0.25, 0.3) is 0 Å². The Bertz CT molecular complexity index is 580. The zero-order valence-electron chi connectivity index (χ0n) is 10.0. The lowest BCUT2D eigenvalue weighted by Gasteiger charge is -2.04. The number of thioether (sulfide) groups is 1. The highest BCUT2D eigenvalue weighted by atomic mass is 32.2. The second kappa shape index (κ2) is 5.22. The monoisotopic (exact) mass is 264 g/mol. The molecule has 94 valence electrons. The zero-order chi connectivity index (χ0) is 13.1. The molecule has 0 atom stereocenters. The molecule has 1 heterocycles. The molecule has 18 heavy (non-hydrogen) atoms. The molecule has 1 aromatic carbocycles. The third-order valence-electron chi connectivity index (χ3n) is 2.45. The van der Waals surface area contributed by atoms with Gasteiger partial charge in [-0.15, -0.1) is 10.2 Å². The van der Waals surface area contributed by atoms with Crippen molar-refractivity contribution in [2.75, 3.05) is 0 Å².